The third-order valence-electron chi connectivity index (χ3n) is 5.23. The van der Waals surface area contributed by atoms with Crippen molar-refractivity contribution in [3.63, 3.8) is 0 Å². The highest BCUT2D eigenvalue weighted by molar-refractivity contribution is 5.96. The number of carbonyl (C=O) groups is 2. The monoisotopic (exact) mass is 379 g/mol. The minimum absolute atomic E-state index is 0.00536. The summed E-state index contributed by atoms with van der Waals surface area (Å²) in [6, 6.07) is 14.3. The summed E-state index contributed by atoms with van der Waals surface area (Å²) in [5.74, 6) is -0.650. The molecule has 0 unspecified atom stereocenters. The number of aromatic nitrogens is 1. The number of aryl methyl sites for hydroxylation is 1. The Balaban J connectivity index is 1.38. The van der Waals surface area contributed by atoms with Crippen molar-refractivity contribution in [2.45, 2.75) is 12.8 Å². The molecular formula is C21H21N3O4. The number of nitrogens with one attached hydrogen (secondary N) is 1. The first-order valence-electron chi connectivity index (χ1n) is 9.27. The van der Waals surface area contributed by atoms with Gasteiger partial charge < -0.3 is 14.6 Å². The van der Waals surface area contributed by atoms with Gasteiger partial charge in [0.25, 0.3) is 5.91 Å². The summed E-state index contributed by atoms with van der Waals surface area (Å²) in [5, 5.41) is 2.92. The number of rotatable bonds is 3. The first-order chi connectivity index (χ1) is 13.5. The normalized spacial score (nSPS) is 15.0. The van der Waals surface area contributed by atoms with Gasteiger partial charge in [0.05, 0.1) is 5.52 Å². The Morgan fingerprint density at radius 3 is 2.50 bits per heavy atom. The van der Waals surface area contributed by atoms with E-state index in [0.29, 0.717) is 48.3 Å². The van der Waals surface area contributed by atoms with E-state index in [1.165, 1.54) is 4.57 Å². The van der Waals surface area contributed by atoms with E-state index in [1.807, 2.05) is 18.2 Å². The number of amides is 2. The molecule has 1 aliphatic rings. The molecule has 7 heteroatoms. The maximum atomic E-state index is 12.6. The van der Waals surface area contributed by atoms with Crippen LogP contribution in [0.3, 0.4) is 0 Å². The molecule has 0 saturated carbocycles. The van der Waals surface area contributed by atoms with E-state index in [4.69, 9.17) is 4.42 Å². The van der Waals surface area contributed by atoms with Gasteiger partial charge in [-0.25, -0.2) is 4.79 Å². The summed E-state index contributed by atoms with van der Waals surface area (Å²) in [6.45, 7) is 1.11. The number of benzene rings is 2. The smallest absolute Gasteiger partial charge is 0.408 e. The largest absolute Gasteiger partial charge is 0.419 e. The lowest BCUT2D eigenvalue weighted by molar-refractivity contribution is -0.121. The zero-order valence-electron chi connectivity index (χ0n) is 15.6. The summed E-state index contributed by atoms with van der Waals surface area (Å²) in [7, 11) is 1.62. The third-order valence-corrected chi connectivity index (χ3v) is 5.23. The lowest BCUT2D eigenvalue weighted by Crippen LogP contribution is -2.41. The Labute approximate surface area is 161 Å². The van der Waals surface area contributed by atoms with Crippen molar-refractivity contribution in [2.75, 3.05) is 18.4 Å². The van der Waals surface area contributed by atoms with Crippen LogP contribution < -0.4 is 11.1 Å². The maximum absolute atomic E-state index is 12.6. The molecule has 2 aromatic carbocycles. The Morgan fingerprint density at radius 2 is 1.79 bits per heavy atom. The fraction of sp³-hybridized carbons (Fsp3) is 0.286. The number of carbonyl (C=O) groups excluding carboxylic acids is 2. The van der Waals surface area contributed by atoms with Gasteiger partial charge in [-0.15, -0.1) is 0 Å². The van der Waals surface area contributed by atoms with Crippen molar-refractivity contribution in [1.29, 1.82) is 0 Å². The summed E-state index contributed by atoms with van der Waals surface area (Å²) in [6.07, 6.45) is 1.24. The average Bonchev–Trinajstić information content (AvgIpc) is 3.02. The standard InChI is InChI=1S/C21H21N3O4/c1-23-17-13-16(7-8-18(17)28-21(23)27)22-19(25)14-9-11-24(12-10-14)20(26)15-5-3-2-4-6-15/h2-8,13-14H,9-12H2,1H3,(H,22,25). The van der Waals surface area contributed by atoms with E-state index < -0.39 is 5.76 Å². The van der Waals surface area contributed by atoms with E-state index in [-0.39, 0.29) is 17.7 Å². The minimum atomic E-state index is -0.436. The second-order valence-electron chi connectivity index (χ2n) is 7.03. The van der Waals surface area contributed by atoms with E-state index in [2.05, 4.69) is 5.32 Å². The molecule has 0 atom stereocenters. The number of likely N-dealkylation sites (tertiary alicyclic amines) is 1. The molecule has 0 aliphatic carbocycles. The topological polar surface area (TPSA) is 84.6 Å². The molecule has 0 radical (unpaired) electrons. The Bertz CT molecular complexity index is 1080. The second kappa shape index (κ2) is 7.34. The molecule has 2 heterocycles. The van der Waals surface area contributed by atoms with Gasteiger partial charge in [-0.1, -0.05) is 18.2 Å². The van der Waals surface area contributed by atoms with Gasteiger partial charge in [0, 0.05) is 37.3 Å². The molecule has 28 heavy (non-hydrogen) atoms. The molecule has 1 fully saturated rings. The van der Waals surface area contributed by atoms with E-state index in [1.54, 1.807) is 42.3 Å². The lowest BCUT2D eigenvalue weighted by atomic mass is 9.95. The molecule has 144 valence electrons. The number of fused-ring (bicyclic) bond motifs is 1. The van der Waals surface area contributed by atoms with Gasteiger partial charge in [-0.05, 0) is 43.2 Å². The van der Waals surface area contributed by atoms with Crippen LogP contribution in [0.5, 0.6) is 0 Å². The Hall–Kier alpha value is -3.35. The molecule has 2 amide bonds. The number of nitrogens with zero attached hydrogens (tertiary/aromatic N) is 2. The molecule has 1 N–H and O–H groups in total. The summed E-state index contributed by atoms with van der Waals surface area (Å²) in [5.41, 5.74) is 2.41. The summed E-state index contributed by atoms with van der Waals surface area (Å²) in [4.78, 5) is 38.5. The zero-order valence-corrected chi connectivity index (χ0v) is 15.6. The second-order valence-corrected chi connectivity index (χ2v) is 7.03. The van der Waals surface area contributed by atoms with Crippen LogP contribution in [0.4, 0.5) is 5.69 Å². The molecule has 4 rings (SSSR count). The average molecular weight is 379 g/mol. The van der Waals surface area contributed by atoms with Crippen LogP contribution in [-0.2, 0) is 11.8 Å². The number of anilines is 1. The fourth-order valence-corrected chi connectivity index (χ4v) is 3.56. The first-order valence-corrected chi connectivity index (χ1v) is 9.27. The van der Waals surface area contributed by atoms with Crippen molar-refractivity contribution in [3.05, 3.63) is 64.6 Å². The van der Waals surface area contributed by atoms with Crippen molar-refractivity contribution >= 4 is 28.6 Å². The summed E-state index contributed by atoms with van der Waals surface area (Å²) < 4.78 is 6.50. The van der Waals surface area contributed by atoms with Gasteiger partial charge in [0.2, 0.25) is 5.91 Å². The number of oxazole rings is 1. The van der Waals surface area contributed by atoms with Crippen molar-refractivity contribution < 1.29 is 14.0 Å². The van der Waals surface area contributed by atoms with Crippen LogP contribution in [0.2, 0.25) is 0 Å². The molecule has 1 aliphatic heterocycles. The lowest BCUT2D eigenvalue weighted by Gasteiger charge is -2.31. The quantitative estimate of drug-likeness (QED) is 0.758. The molecule has 3 aromatic rings. The molecule has 1 saturated heterocycles. The van der Waals surface area contributed by atoms with Gasteiger partial charge in [-0.3, -0.25) is 14.2 Å². The van der Waals surface area contributed by atoms with Crippen molar-refractivity contribution in [1.82, 2.24) is 9.47 Å². The van der Waals surface area contributed by atoms with Crippen molar-refractivity contribution in [2.24, 2.45) is 13.0 Å². The van der Waals surface area contributed by atoms with Gasteiger partial charge in [0.1, 0.15) is 0 Å². The van der Waals surface area contributed by atoms with E-state index in [9.17, 15) is 14.4 Å². The first kappa shape index (κ1) is 18.0. The summed E-state index contributed by atoms with van der Waals surface area (Å²) >= 11 is 0. The van der Waals surface area contributed by atoms with Crippen LogP contribution in [-0.4, -0.2) is 34.4 Å². The SMILES string of the molecule is Cn1c(=O)oc2ccc(NC(=O)C3CCN(C(=O)c4ccccc4)CC3)cc21. The van der Waals surface area contributed by atoms with Crippen LogP contribution >= 0.6 is 0 Å². The third kappa shape index (κ3) is 3.43. The van der Waals surface area contributed by atoms with Crippen LogP contribution in [0.1, 0.15) is 23.2 Å². The molecule has 1 aromatic heterocycles. The molecular weight excluding hydrogens is 358 g/mol. The van der Waals surface area contributed by atoms with Gasteiger partial charge >= 0.3 is 5.76 Å². The van der Waals surface area contributed by atoms with Crippen LogP contribution in [0.15, 0.2) is 57.7 Å². The highest BCUT2D eigenvalue weighted by Crippen LogP contribution is 2.23. The number of hydrogen-bond donors (Lipinski definition) is 1. The maximum Gasteiger partial charge on any atom is 0.419 e. The van der Waals surface area contributed by atoms with Gasteiger partial charge in [-0.2, -0.15) is 0 Å². The van der Waals surface area contributed by atoms with E-state index in [0.717, 1.165) is 0 Å². The predicted octanol–water partition coefficient (Wildman–Crippen LogP) is 2.62. The molecule has 7 nitrogen and oxygen atoms in total. The molecule has 0 bridgehead atoms. The molecule has 0 spiro atoms. The highest BCUT2D eigenvalue weighted by atomic mass is 16.4. The predicted molar refractivity (Wildman–Crippen MR) is 105 cm³/mol. The minimum Gasteiger partial charge on any atom is -0.408 e. The fourth-order valence-electron chi connectivity index (χ4n) is 3.56. The zero-order chi connectivity index (χ0) is 19.7. The number of hydrogen-bond acceptors (Lipinski definition) is 4. The highest BCUT2D eigenvalue weighted by Gasteiger charge is 2.28. The van der Waals surface area contributed by atoms with Gasteiger partial charge in [0.15, 0.2) is 5.58 Å². The number of piperidine rings is 1. The van der Waals surface area contributed by atoms with Crippen LogP contribution in [0.25, 0.3) is 11.1 Å². The Kier molecular flexibility index (Phi) is 4.73. The van der Waals surface area contributed by atoms with Crippen LogP contribution in [0, 0.1) is 5.92 Å². The van der Waals surface area contributed by atoms with E-state index >= 15 is 0 Å². The van der Waals surface area contributed by atoms with Crippen molar-refractivity contribution in [3.8, 4) is 0 Å². The Morgan fingerprint density at radius 1 is 1.07 bits per heavy atom.